The number of nitrogens with one attached hydrogen (secondary N) is 2. The molecular weight excluding hydrogens is 546 g/mol. The number of pyridine rings is 1. The first kappa shape index (κ1) is 29.7. The van der Waals surface area contributed by atoms with E-state index in [9.17, 15) is 37.4 Å². The summed E-state index contributed by atoms with van der Waals surface area (Å²) in [4.78, 5) is 30.2. The first-order valence-electron chi connectivity index (χ1n) is 12.5. The zero-order valence-corrected chi connectivity index (χ0v) is 22.1. The number of alkyl halides is 3. The third-order valence-corrected chi connectivity index (χ3v) is 6.52. The number of halogens is 4. The number of aryl methyl sites for hydroxylation is 1. The minimum Gasteiger partial charge on any atom is -0.437 e. The van der Waals surface area contributed by atoms with Crippen LogP contribution >= 0.6 is 0 Å². The Balaban J connectivity index is 1.90. The number of aliphatic hydroxyl groups is 2. The van der Waals surface area contributed by atoms with Crippen molar-refractivity contribution in [2.24, 2.45) is 0 Å². The number of amides is 2. The van der Waals surface area contributed by atoms with Crippen LogP contribution in [0.1, 0.15) is 39.8 Å². The monoisotopic (exact) mass is 573 g/mol. The number of hydrogen-bond acceptors (Lipinski definition) is 6. The normalized spacial score (nSPS) is 12.0. The van der Waals surface area contributed by atoms with Gasteiger partial charge in [0.05, 0.1) is 35.4 Å². The highest BCUT2D eigenvalue weighted by molar-refractivity contribution is 6.11. The van der Waals surface area contributed by atoms with Gasteiger partial charge in [-0.1, -0.05) is 12.1 Å². The molecule has 2 amide bonds. The maximum atomic E-state index is 13.6. The predicted octanol–water partition coefficient (Wildman–Crippen LogP) is 4.63. The lowest BCUT2D eigenvalue weighted by Crippen LogP contribution is -2.51. The molecule has 0 aliphatic rings. The number of furan rings is 1. The van der Waals surface area contributed by atoms with Crippen molar-refractivity contribution in [3.05, 3.63) is 77.2 Å². The van der Waals surface area contributed by atoms with Gasteiger partial charge >= 0.3 is 6.18 Å². The molecule has 4 rings (SSSR count). The van der Waals surface area contributed by atoms with Crippen molar-refractivity contribution in [3.8, 4) is 22.5 Å². The fourth-order valence-corrected chi connectivity index (χ4v) is 4.22. The molecule has 0 saturated carbocycles. The second kappa shape index (κ2) is 11.7. The van der Waals surface area contributed by atoms with E-state index in [1.807, 2.05) is 0 Å². The van der Waals surface area contributed by atoms with E-state index < -0.39 is 55.4 Å². The summed E-state index contributed by atoms with van der Waals surface area (Å²) in [6.07, 6.45) is -6.18. The first-order chi connectivity index (χ1) is 19.4. The summed E-state index contributed by atoms with van der Waals surface area (Å²) in [7, 11) is 1.40. The van der Waals surface area contributed by atoms with Crippen LogP contribution in [0.25, 0.3) is 33.6 Å². The van der Waals surface area contributed by atoms with Gasteiger partial charge in [0.1, 0.15) is 11.6 Å². The number of carbonyl (C=O) groups excluding carboxylic acids is 2. The molecule has 0 spiro atoms. The van der Waals surface area contributed by atoms with Crippen LogP contribution in [0.5, 0.6) is 0 Å². The molecule has 4 N–H and O–H groups in total. The predicted molar refractivity (Wildman–Crippen MR) is 143 cm³/mol. The molecule has 2 aromatic heterocycles. The molecule has 41 heavy (non-hydrogen) atoms. The van der Waals surface area contributed by atoms with Crippen molar-refractivity contribution in [1.29, 1.82) is 0 Å². The van der Waals surface area contributed by atoms with E-state index in [0.717, 1.165) is 0 Å². The Labute approximate surface area is 232 Å². The van der Waals surface area contributed by atoms with Crippen LogP contribution in [-0.2, 0) is 6.42 Å². The smallest absolute Gasteiger partial charge is 0.389 e. The topological polar surface area (TPSA) is 125 Å². The van der Waals surface area contributed by atoms with E-state index in [0.29, 0.717) is 11.1 Å². The maximum Gasteiger partial charge on any atom is 0.389 e. The number of benzene rings is 2. The molecule has 8 nitrogen and oxygen atoms in total. The Kier molecular flexibility index (Phi) is 8.45. The summed E-state index contributed by atoms with van der Waals surface area (Å²) in [5.41, 5.74) is -0.266. The highest BCUT2D eigenvalue weighted by Crippen LogP contribution is 2.37. The van der Waals surface area contributed by atoms with E-state index in [1.54, 1.807) is 6.07 Å². The van der Waals surface area contributed by atoms with Gasteiger partial charge in [0.15, 0.2) is 0 Å². The van der Waals surface area contributed by atoms with Crippen LogP contribution in [0, 0.1) is 5.82 Å². The number of hydrogen-bond donors (Lipinski definition) is 4. The highest BCUT2D eigenvalue weighted by atomic mass is 19.4. The lowest BCUT2D eigenvalue weighted by atomic mass is 9.96. The molecule has 0 bridgehead atoms. The Morgan fingerprint density at radius 2 is 1.66 bits per heavy atom. The summed E-state index contributed by atoms with van der Waals surface area (Å²) in [5.74, 6) is -1.63. The van der Waals surface area contributed by atoms with Gasteiger partial charge in [0.2, 0.25) is 5.71 Å². The number of fused-ring (bicyclic) bond motifs is 1. The molecule has 0 radical (unpaired) electrons. The quantitative estimate of drug-likeness (QED) is 0.217. The fraction of sp³-hybridized carbons (Fsp3) is 0.276. The Morgan fingerprint density at radius 3 is 2.27 bits per heavy atom. The average molecular weight is 574 g/mol. The highest BCUT2D eigenvalue weighted by Gasteiger charge is 2.30. The van der Waals surface area contributed by atoms with Crippen molar-refractivity contribution in [2.75, 3.05) is 20.3 Å². The Morgan fingerprint density at radius 1 is 0.976 bits per heavy atom. The zero-order chi connectivity index (χ0) is 29.9. The SMILES string of the molecule is CNC(=O)c1c(-c2ccc(F)cc2)oc2nc(CCC(F)(F)F)c(-c3cccc(C(=O)NC(C)(CO)CO)c3)cc12. The summed E-state index contributed by atoms with van der Waals surface area (Å²) in [5, 5.41) is 24.3. The zero-order valence-electron chi connectivity index (χ0n) is 22.1. The molecule has 0 aliphatic heterocycles. The summed E-state index contributed by atoms with van der Waals surface area (Å²) in [6.45, 7) is 0.381. The van der Waals surface area contributed by atoms with Gasteiger partial charge in [-0.3, -0.25) is 9.59 Å². The third-order valence-electron chi connectivity index (χ3n) is 6.52. The van der Waals surface area contributed by atoms with Crippen LogP contribution < -0.4 is 10.6 Å². The number of aliphatic hydroxyl groups excluding tert-OH is 2. The molecule has 2 heterocycles. The van der Waals surface area contributed by atoms with Crippen LogP contribution in [0.2, 0.25) is 0 Å². The fourth-order valence-electron chi connectivity index (χ4n) is 4.22. The van der Waals surface area contributed by atoms with E-state index in [4.69, 9.17) is 4.42 Å². The van der Waals surface area contributed by atoms with Gasteiger partial charge in [-0.25, -0.2) is 9.37 Å². The summed E-state index contributed by atoms with van der Waals surface area (Å²) in [6, 6.07) is 12.7. The van der Waals surface area contributed by atoms with Gasteiger partial charge in [-0.2, -0.15) is 13.2 Å². The van der Waals surface area contributed by atoms with Gasteiger partial charge in [-0.15, -0.1) is 0 Å². The summed E-state index contributed by atoms with van der Waals surface area (Å²) >= 11 is 0. The van der Waals surface area contributed by atoms with Crippen molar-refractivity contribution in [1.82, 2.24) is 15.6 Å². The minimum atomic E-state index is -4.48. The lowest BCUT2D eigenvalue weighted by molar-refractivity contribution is -0.134. The molecular formula is C29H27F4N3O5. The number of nitrogens with zero attached hydrogens (tertiary/aromatic N) is 1. The van der Waals surface area contributed by atoms with E-state index in [1.165, 1.54) is 62.5 Å². The van der Waals surface area contributed by atoms with E-state index >= 15 is 0 Å². The molecule has 0 fully saturated rings. The second-order valence-electron chi connectivity index (χ2n) is 9.75. The maximum absolute atomic E-state index is 13.6. The van der Waals surface area contributed by atoms with E-state index in [-0.39, 0.29) is 39.2 Å². The Hall–Kier alpha value is -4.29. The second-order valence-corrected chi connectivity index (χ2v) is 9.75. The van der Waals surface area contributed by atoms with E-state index in [2.05, 4.69) is 15.6 Å². The van der Waals surface area contributed by atoms with Crippen molar-refractivity contribution < 1.29 is 41.8 Å². The van der Waals surface area contributed by atoms with Crippen molar-refractivity contribution in [3.63, 3.8) is 0 Å². The number of aromatic nitrogens is 1. The Bertz CT molecular complexity index is 1580. The molecule has 12 heteroatoms. The molecule has 2 aromatic carbocycles. The average Bonchev–Trinajstić information content (AvgIpc) is 3.33. The first-order valence-corrected chi connectivity index (χ1v) is 12.5. The number of carbonyl (C=O) groups is 2. The van der Waals surface area contributed by atoms with Gasteiger partial charge < -0.3 is 25.3 Å². The molecule has 0 atom stereocenters. The lowest BCUT2D eigenvalue weighted by Gasteiger charge is -2.26. The standard InChI is InChI=1S/C29H27F4N3O5/c1-28(14-37,15-38)36-25(39)18-5-3-4-17(12-18)20-13-21-23(26(40)34-2)24(16-6-8-19(30)9-7-16)41-27(21)35-22(20)10-11-29(31,32)33/h3-9,12-13,37-38H,10-11,14-15H2,1-2H3,(H,34,40)(H,36,39). The van der Waals surface area contributed by atoms with Crippen LogP contribution in [-0.4, -0.2) is 59.0 Å². The largest absolute Gasteiger partial charge is 0.437 e. The molecule has 0 saturated heterocycles. The molecule has 4 aromatic rings. The molecule has 0 unspecified atom stereocenters. The summed E-state index contributed by atoms with van der Waals surface area (Å²) < 4.78 is 59.1. The van der Waals surface area contributed by atoms with Crippen molar-refractivity contribution >= 4 is 22.9 Å². The van der Waals surface area contributed by atoms with Crippen LogP contribution in [0.15, 0.2) is 59.0 Å². The van der Waals surface area contributed by atoms with Gasteiger partial charge in [-0.05, 0) is 61.4 Å². The van der Waals surface area contributed by atoms with Gasteiger partial charge in [0.25, 0.3) is 11.8 Å². The van der Waals surface area contributed by atoms with Gasteiger partial charge in [0, 0.05) is 30.2 Å². The minimum absolute atomic E-state index is 0.0193. The number of rotatable bonds is 9. The third kappa shape index (κ3) is 6.55. The van der Waals surface area contributed by atoms with Crippen LogP contribution in [0.4, 0.5) is 17.6 Å². The molecule has 216 valence electrons. The van der Waals surface area contributed by atoms with Crippen molar-refractivity contribution in [2.45, 2.75) is 31.5 Å². The molecule has 0 aliphatic carbocycles. The van der Waals surface area contributed by atoms with Crippen LogP contribution in [0.3, 0.4) is 0 Å².